The molecule has 554 valence electrons. The zero-order valence-electron chi connectivity index (χ0n) is 55.6. The molecule has 27 nitrogen and oxygen atoms in total. The van der Waals surface area contributed by atoms with Crippen LogP contribution in [0.3, 0.4) is 0 Å². The second-order valence-corrected chi connectivity index (χ2v) is 22.9. The molecular weight excluding hydrogens is 1450 g/mol. The van der Waals surface area contributed by atoms with Crippen molar-refractivity contribution in [2.45, 2.75) is 52.2 Å². The number of halogens is 10. The van der Waals surface area contributed by atoms with Gasteiger partial charge >= 0.3 is 19.1 Å². The normalized spacial score (nSPS) is 11.4. The molecule has 0 aliphatic rings. The van der Waals surface area contributed by atoms with Gasteiger partial charge in [-0.2, -0.15) is 0 Å². The number of hydrogen-bond acceptors (Lipinski definition) is 22. The zero-order valence-corrected chi connectivity index (χ0v) is 56.3. The summed E-state index contributed by atoms with van der Waals surface area (Å²) in [5.74, 6) is -0.329. The number of nitroso groups, excluding NO2 is 4. The number of ether oxygens (including phenoxy) is 8. The molecule has 0 amide bonds. The third-order valence-corrected chi connectivity index (χ3v) is 16.0. The van der Waals surface area contributed by atoms with E-state index in [0.717, 1.165) is 53.1 Å². The van der Waals surface area contributed by atoms with Gasteiger partial charge in [-0.3, -0.25) is 10.1 Å². The van der Waals surface area contributed by atoms with E-state index in [9.17, 15) is 89.7 Å². The summed E-state index contributed by atoms with van der Waals surface area (Å²) in [6.45, 7) is 2.38. The molecule has 4 N–H and O–H groups in total. The number of benzene rings is 8. The van der Waals surface area contributed by atoms with E-state index >= 15 is 0 Å². The van der Waals surface area contributed by atoms with Crippen LogP contribution < -0.4 is 37.9 Å². The second kappa shape index (κ2) is 32.1. The predicted molar refractivity (Wildman–Crippen MR) is 368 cm³/mol. The predicted octanol–water partition coefficient (Wildman–Crippen LogP) is 18.8. The van der Waals surface area contributed by atoms with Gasteiger partial charge in [-0.25, -0.2) is 0 Å². The molecular formula is C69H55ClF9N9O18. The molecule has 0 atom stereocenters. The summed E-state index contributed by atoms with van der Waals surface area (Å²) in [5, 5.41) is 64.5. The third-order valence-electron chi connectivity index (χ3n) is 15.7. The maximum Gasteiger partial charge on any atom is 0.573 e. The van der Waals surface area contributed by atoms with Crippen LogP contribution >= 0.6 is 11.6 Å². The molecule has 12 aromatic rings. The van der Waals surface area contributed by atoms with Crippen LogP contribution in [-0.2, 0) is 26.2 Å². The largest absolute Gasteiger partial charge is 0.573 e. The van der Waals surface area contributed by atoms with E-state index in [1.54, 1.807) is 85.5 Å². The minimum atomic E-state index is -4.92. The van der Waals surface area contributed by atoms with E-state index < -0.39 is 64.6 Å². The average Bonchev–Trinajstić information content (AvgIpc) is 1.51. The maximum absolute atomic E-state index is 12.5. The van der Waals surface area contributed by atoms with E-state index in [1.807, 2.05) is 19.1 Å². The molecule has 106 heavy (non-hydrogen) atoms. The summed E-state index contributed by atoms with van der Waals surface area (Å²) in [6, 6.07) is 36.5. The van der Waals surface area contributed by atoms with Crippen LogP contribution in [0.25, 0.3) is 43.6 Å². The number of fused-ring (bicyclic) bond motifs is 4. The number of nitro groups is 1. The number of hydrogen-bond donors (Lipinski definition) is 4. The Balaban J connectivity index is 0.000000164. The van der Waals surface area contributed by atoms with Crippen LogP contribution in [0.15, 0.2) is 172 Å². The van der Waals surface area contributed by atoms with Crippen LogP contribution in [0.2, 0.25) is 5.02 Å². The third kappa shape index (κ3) is 17.9. The van der Waals surface area contributed by atoms with Gasteiger partial charge in [0.15, 0.2) is 22.7 Å². The Morgan fingerprint density at radius 2 is 0.726 bits per heavy atom. The van der Waals surface area contributed by atoms with Gasteiger partial charge in [0, 0.05) is 50.8 Å². The van der Waals surface area contributed by atoms with Crippen molar-refractivity contribution < 1.29 is 103 Å². The lowest BCUT2D eigenvalue weighted by atomic mass is 10.1. The van der Waals surface area contributed by atoms with Crippen molar-refractivity contribution >= 4 is 83.6 Å². The van der Waals surface area contributed by atoms with E-state index in [4.69, 9.17) is 35.3 Å². The zero-order chi connectivity index (χ0) is 77.3. The topological polar surface area (TPSA) is 335 Å². The maximum atomic E-state index is 12.5. The van der Waals surface area contributed by atoms with Gasteiger partial charge in [-0.15, -0.1) is 59.1 Å². The molecule has 12 rings (SSSR count). The van der Waals surface area contributed by atoms with E-state index in [1.165, 1.54) is 71.4 Å². The van der Waals surface area contributed by atoms with Gasteiger partial charge in [0.25, 0.3) is 5.69 Å². The highest BCUT2D eigenvalue weighted by atomic mass is 35.5. The van der Waals surface area contributed by atoms with Crippen molar-refractivity contribution in [2.24, 2.45) is 20.7 Å². The van der Waals surface area contributed by atoms with Crippen molar-refractivity contribution in [2.75, 3.05) is 35.5 Å². The number of aryl methyl sites for hydroxylation is 1. The van der Waals surface area contributed by atoms with Crippen LogP contribution in [0.5, 0.6) is 69.5 Å². The van der Waals surface area contributed by atoms with Gasteiger partial charge in [0.2, 0.25) is 23.5 Å². The lowest BCUT2D eigenvalue weighted by molar-refractivity contribution is -0.384. The summed E-state index contributed by atoms with van der Waals surface area (Å²) in [6.07, 6.45) is -14.7. The molecule has 0 spiro atoms. The first-order valence-electron chi connectivity index (χ1n) is 30.2. The summed E-state index contributed by atoms with van der Waals surface area (Å²) in [4.78, 5) is 54.8. The fourth-order valence-corrected chi connectivity index (χ4v) is 11.5. The Morgan fingerprint density at radius 1 is 0.396 bits per heavy atom. The highest BCUT2D eigenvalue weighted by Gasteiger charge is 2.34. The Kier molecular flexibility index (Phi) is 23.4. The summed E-state index contributed by atoms with van der Waals surface area (Å²) in [7, 11) is 7.64. The number of nitrogens with zero attached hydrogens (tertiary/aromatic N) is 9. The second-order valence-electron chi connectivity index (χ2n) is 22.4. The Bertz CT molecular complexity index is 5250. The Labute approximate surface area is 594 Å². The van der Waals surface area contributed by atoms with Crippen molar-refractivity contribution in [3.63, 3.8) is 0 Å². The number of methoxy groups -OCH3 is 5. The highest BCUT2D eigenvalue weighted by Crippen LogP contribution is 2.46. The smallest absolute Gasteiger partial charge is 0.497 e. The van der Waals surface area contributed by atoms with E-state index in [0.29, 0.717) is 73.4 Å². The molecule has 4 heterocycles. The van der Waals surface area contributed by atoms with Crippen molar-refractivity contribution in [1.29, 1.82) is 0 Å². The minimum absolute atomic E-state index is 0.0181. The summed E-state index contributed by atoms with van der Waals surface area (Å²) >= 11 is 6.09. The monoisotopic (exact) mass is 1500 g/mol. The first-order chi connectivity index (χ1) is 50.2. The van der Waals surface area contributed by atoms with Gasteiger partial charge < -0.3 is 76.6 Å². The molecule has 0 aliphatic heterocycles. The number of aromatic hydroxyl groups is 4. The number of non-ortho nitro benzene ring substituents is 1. The van der Waals surface area contributed by atoms with Gasteiger partial charge in [-0.1, -0.05) is 35.9 Å². The van der Waals surface area contributed by atoms with Crippen LogP contribution in [0, 0.1) is 36.7 Å². The first kappa shape index (κ1) is 77.1. The quantitative estimate of drug-likeness (QED) is 0.0225. The molecule has 8 aromatic carbocycles. The minimum Gasteiger partial charge on any atom is -0.497 e. The molecule has 0 radical (unpaired) electrons. The fraction of sp³-hybridized carbons (Fsp3) is 0.188. The summed E-state index contributed by atoms with van der Waals surface area (Å²) < 4.78 is 155. The van der Waals surface area contributed by atoms with Crippen molar-refractivity contribution in [1.82, 2.24) is 18.3 Å². The van der Waals surface area contributed by atoms with Crippen molar-refractivity contribution in [3.8, 4) is 69.5 Å². The average molecular weight is 1500 g/mol. The lowest BCUT2D eigenvalue weighted by Crippen LogP contribution is -2.17. The van der Waals surface area contributed by atoms with Crippen molar-refractivity contribution in [3.05, 3.63) is 214 Å². The molecule has 0 unspecified atom stereocenters. The number of nitro benzene ring substituents is 1. The Hall–Kier alpha value is -13.0. The summed E-state index contributed by atoms with van der Waals surface area (Å²) in [5.41, 5.74) is 3.77. The van der Waals surface area contributed by atoms with Crippen LogP contribution in [-0.4, -0.2) is 98.3 Å². The SMILES string of the molecule is COc1cc(Cn2c(O)c(N=O)c3cc(Cl)cc(C)c32)cc(OC)c1.COc1cc(Cn2c(O)c(N=O)c3cc(OC(F)(F)F)ccc32)cc(OC)c1.COc1ccc(Cn2c(O)c(N=O)c3cc(OC(F)(F)F)ccc32)cc1.O=Nc1c(O)n(Cc2cccc([N+](=O)[O-])c2)c2ccc(OC(F)(F)F)cc12. The van der Waals surface area contributed by atoms with E-state index in [2.05, 4.69) is 34.9 Å². The molecule has 0 aliphatic carbocycles. The number of rotatable bonds is 21. The number of alkyl halides is 9. The molecule has 0 saturated heterocycles. The van der Waals surface area contributed by atoms with Crippen LogP contribution in [0.4, 0.5) is 68.0 Å². The lowest BCUT2D eigenvalue weighted by Gasteiger charge is -2.12. The van der Waals surface area contributed by atoms with Gasteiger partial charge in [-0.05, 0) is 159 Å². The standard InChI is InChI=1S/C18H17ClN2O4.C18H15F3N2O5.C17H13F3N2O4.C16H10F3N3O5/c1-10-4-12(19)7-15-16(20-23)18(22)21(17(10)15)9-11-5-13(24-2)8-14(6-11)25-3;1-26-12-5-10(6-13(7-12)27-2)9-23-15-4-3-11(28-18(19,20)21)8-14(15)16(22-25)17(23)24;1-25-11-4-2-10(3-5-11)9-22-14-7-6-12(26-17(18,19)20)8-13(14)15(21-24)16(22)23;17-16(18,19)27-11-4-5-13-12(7-11)14(20-24)15(23)21(13)8-9-2-1-3-10(6-9)22(25)26/h4-8,22H,9H2,1-3H3;3-8,24H,9H2,1-2H3;2-8,23H,9H2,1H3;1-7,23H,8H2. The molecule has 4 aromatic heterocycles. The Morgan fingerprint density at radius 3 is 1.08 bits per heavy atom. The van der Waals surface area contributed by atoms with Crippen LogP contribution in [0.1, 0.15) is 27.8 Å². The molecule has 0 bridgehead atoms. The molecule has 0 saturated carbocycles. The van der Waals surface area contributed by atoms with Gasteiger partial charge in [0.05, 0.1) is 88.7 Å². The fourth-order valence-electron chi connectivity index (χ4n) is 11.3. The molecule has 37 heteroatoms. The van der Waals surface area contributed by atoms with Gasteiger partial charge in [0.1, 0.15) is 46.0 Å². The van der Waals surface area contributed by atoms with E-state index in [-0.39, 0.29) is 69.9 Å². The number of aromatic nitrogens is 4. The highest BCUT2D eigenvalue weighted by molar-refractivity contribution is 6.31. The molecule has 0 fully saturated rings. The first-order valence-corrected chi connectivity index (χ1v) is 30.6.